The molecule has 0 radical (unpaired) electrons. The van der Waals surface area contributed by atoms with Gasteiger partial charge < -0.3 is 9.05 Å². The summed E-state index contributed by atoms with van der Waals surface area (Å²) in [5, 5.41) is 0.701. The highest BCUT2D eigenvalue weighted by Gasteiger charge is 2.41. The molecule has 0 N–H and O–H groups in total. The monoisotopic (exact) mass is 352 g/mol. The lowest BCUT2D eigenvalue weighted by Crippen LogP contribution is -2.43. The summed E-state index contributed by atoms with van der Waals surface area (Å²) >= 11 is 0. The molecule has 1 aliphatic rings. The third kappa shape index (κ3) is 2.66. The van der Waals surface area contributed by atoms with Gasteiger partial charge in [-0.15, -0.1) is 0 Å². The van der Waals surface area contributed by atoms with Gasteiger partial charge in [-0.2, -0.15) is 0 Å². The molecule has 0 saturated carbocycles. The quantitative estimate of drug-likeness (QED) is 0.773. The largest absolute Gasteiger partial charge is 0.355 e. The van der Waals surface area contributed by atoms with Crippen LogP contribution in [0.4, 0.5) is 0 Å². The van der Waals surface area contributed by atoms with E-state index < -0.39 is 13.4 Å². The Bertz CT molecular complexity index is 907. The number of rotatable bonds is 5. The number of hydrogen-bond donors (Lipinski definition) is 0. The zero-order valence-electron chi connectivity index (χ0n) is 13.8. The lowest BCUT2D eigenvalue weighted by Gasteiger charge is -2.33. The van der Waals surface area contributed by atoms with Crippen molar-refractivity contribution in [2.24, 2.45) is 0 Å². The smallest absolute Gasteiger partial charge is 0.307 e. The fourth-order valence-electron chi connectivity index (χ4n) is 3.24. The molecule has 0 fully saturated rings. The van der Waals surface area contributed by atoms with Crippen LogP contribution in [-0.2, 0) is 20.2 Å². The molecule has 1 aromatic carbocycles. The van der Waals surface area contributed by atoms with Crippen LogP contribution < -0.4 is 11.1 Å². The third-order valence-corrected chi connectivity index (χ3v) is 6.63. The lowest BCUT2D eigenvalue weighted by atomic mass is 10.2. The maximum Gasteiger partial charge on any atom is 0.355 e. The predicted octanol–water partition coefficient (Wildman–Crippen LogP) is 2.72. The summed E-state index contributed by atoms with van der Waals surface area (Å²) in [7, 11) is -3.55. The van der Waals surface area contributed by atoms with Crippen LogP contribution in [0.1, 0.15) is 32.5 Å². The van der Waals surface area contributed by atoms with E-state index in [9.17, 15) is 14.2 Å². The maximum absolute atomic E-state index is 13.2. The summed E-state index contributed by atoms with van der Waals surface area (Å²) < 4.78 is 26.7. The summed E-state index contributed by atoms with van der Waals surface area (Å²) in [5.74, 6) is -0.782. The molecule has 0 spiro atoms. The van der Waals surface area contributed by atoms with Gasteiger partial charge in [0.2, 0.25) is 0 Å². The van der Waals surface area contributed by atoms with E-state index in [-0.39, 0.29) is 24.3 Å². The summed E-state index contributed by atoms with van der Waals surface area (Å²) in [4.78, 5) is 25.7. The van der Waals surface area contributed by atoms with Crippen molar-refractivity contribution >= 4 is 18.4 Å². The molecule has 1 unspecified atom stereocenters. The van der Waals surface area contributed by atoms with Crippen molar-refractivity contribution in [3.8, 4) is 0 Å². The van der Waals surface area contributed by atoms with Gasteiger partial charge in [0.25, 0.3) is 11.1 Å². The van der Waals surface area contributed by atoms with Crippen LogP contribution >= 0.6 is 7.60 Å². The first-order valence-electron chi connectivity index (χ1n) is 8.16. The summed E-state index contributed by atoms with van der Waals surface area (Å²) in [6, 6.07) is 6.70. The van der Waals surface area contributed by atoms with Crippen LogP contribution in [-0.4, -0.2) is 22.6 Å². The number of aromatic nitrogens is 2. The molecule has 0 bridgehead atoms. The van der Waals surface area contributed by atoms with Gasteiger partial charge in [0.05, 0.1) is 24.0 Å². The minimum absolute atomic E-state index is 0.209. The molecule has 2 aromatic rings. The van der Waals surface area contributed by atoms with Crippen molar-refractivity contribution < 1.29 is 13.6 Å². The Hall–Kier alpha value is -1.69. The highest BCUT2D eigenvalue weighted by molar-refractivity contribution is 7.53. The Labute approximate surface area is 139 Å². The number of benzene rings is 1. The molecular formula is C16H21N2O5P. The second kappa shape index (κ2) is 6.67. The molecule has 24 heavy (non-hydrogen) atoms. The van der Waals surface area contributed by atoms with E-state index in [1.165, 1.54) is 9.36 Å². The van der Waals surface area contributed by atoms with Gasteiger partial charge in [-0.05, 0) is 38.8 Å². The minimum atomic E-state index is -3.55. The van der Waals surface area contributed by atoms with E-state index in [0.29, 0.717) is 30.2 Å². The molecule has 0 saturated heterocycles. The molecule has 8 heteroatoms. The molecule has 3 rings (SSSR count). The van der Waals surface area contributed by atoms with Crippen molar-refractivity contribution in [1.29, 1.82) is 0 Å². The molecule has 1 aliphatic heterocycles. The van der Waals surface area contributed by atoms with E-state index in [4.69, 9.17) is 9.05 Å². The van der Waals surface area contributed by atoms with Gasteiger partial charge in [0.1, 0.15) is 0 Å². The molecule has 1 atom stereocenters. The maximum atomic E-state index is 13.2. The molecule has 1 aromatic heterocycles. The molecule has 130 valence electrons. The highest BCUT2D eigenvalue weighted by Crippen LogP contribution is 2.60. The van der Waals surface area contributed by atoms with Crippen LogP contribution in [0.2, 0.25) is 0 Å². The average molecular weight is 352 g/mol. The second-order valence-corrected chi connectivity index (χ2v) is 7.81. The summed E-state index contributed by atoms with van der Waals surface area (Å²) in [6.45, 7) is 4.28. The Morgan fingerprint density at radius 2 is 1.67 bits per heavy atom. The molecule has 7 nitrogen and oxygen atoms in total. The first-order valence-corrected chi connectivity index (χ1v) is 9.77. The zero-order chi connectivity index (χ0) is 17.3. The summed E-state index contributed by atoms with van der Waals surface area (Å²) in [6.07, 6.45) is 1.10. The van der Waals surface area contributed by atoms with E-state index in [2.05, 4.69) is 0 Å². The number of nitrogens with zero attached hydrogens (tertiary/aromatic N) is 2. The Balaban J connectivity index is 2.29. The first-order chi connectivity index (χ1) is 11.5. The molecule has 0 amide bonds. The topological polar surface area (TPSA) is 79.5 Å². The van der Waals surface area contributed by atoms with Crippen molar-refractivity contribution in [2.75, 3.05) is 13.2 Å². The molecule has 2 heterocycles. The second-order valence-electron chi connectivity index (χ2n) is 5.62. The molecular weight excluding hydrogens is 331 g/mol. The summed E-state index contributed by atoms with van der Waals surface area (Å²) in [5.41, 5.74) is -0.594. The molecule has 0 aliphatic carbocycles. The van der Waals surface area contributed by atoms with Gasteiger partial charge in [0, 0.05) is 6.54 Å². The fourth-order valence-corrected chi connectivity index (χ4v) is 5.37. The van der Waals surface area contributed by atoms with Crippen molar-refractivity contribution in [3.05, 3.63) is 45.0 Å². The van der Waals surface area contributed by atoms with Crippen LogP contribution in [0.3, 0.4) is 0 Å². The lowest BCUT2D eigenvalue weighted by molar-refractivity contribution is 0.182. The first kappa shape index (κ1) is 17.1. The van der Waals surface area contributed by atoms with Gasteiger partial charge in [-0.1, -0.05) is 12.1 Å². The number of fused-ring (bicyclic) bond motifs is 2. The highest BCUT2D eigenvalue weighted by atomic mass is 31.2. The minimum Gasteiger partial charge on any atom is -0.307 e. The zero-order valence-corrected chi connectivity index (χ0v) is 14.7. The predicted molar refractivity (Wildman–Crippen MR) is 91.6 cm³/mol. The van der Waals surface area contributed by atoms with Crippen LogP contribution in [0.15, 0.2) is 33.9 Å². The Kier molecular flexibility index (Phi) is 4.76. The van der Waals surface area contributed by atoms with Crippen LogP contribution in [0, 0.1) is 0 Å². The van der Waals surface area contributed by atoms with Crippen LogP contribution in [0.5, 0.6) is 0 Å². The van der Waals surface area contributed by atoms with Gasteiger partial charge in [0.15, 0.2) is 5.78 Å². The number of hydrogen-bond acceptors (Lipinski definition) is 5. The van der Waals surface area contributed by atoms with Gasteiger partial charge in [-0.25, -0.2) is 9.36 Å². The Morgan fingerprint density at radius 3 is 2.25 bits per heavy atom. The Morgan fingerprint density at radius 1 is 1.08 bits per heavy atom. The standard InChI is InChI=1S/C16H21N2O5P/c1-3-22-24(21,23-4-2)14-10-7-11-17-15(19)12-8-5-6-9-13(12)16(20)18(14)17/h5-6,8-9,14H,3-4,7,10-11H2,1-2H3. The van der Waals surface area contributed by atoms with Gasteiger partial charge in [-0.3, -0.25) is 14.2 Å². The van der Waals surface area contributed by atoms with Crippen molar-refractivity contribution in [1.82, 2.24) is 9.36 Å². The van der Waals surface area contributed by atoms with Crippen molar-refractivity contribution in [3.63, 3.8) is 0 Å². The van der Waals surface area contributed by atoms with E-state index in [1.54, 1.807) is 38.1 Å². The van der Waals surface area contributed by atoms with E-state index in [1.807, 2.05) is 0 Å². The van der Waals surface area contributed by atoms with Crippen molar-refractivity contribution in [2.45, 2.75) is 39.0 Å². The van der Waals surface area contributed by atoms with E-state index >= 15 is 0 Å². The van der Waals surface area contributed by atoms with Gasteiger partial charge >= 0.3 is 7.60 Å². The normalized spacial score (nSPS) is 17.8. The fraction of sp³-hybridized carbons (Fsp3) is 0.500. The SMILES string of the molecule is CCOP(=O)(OCC)C1CCCn2c(=O)c3ccccc3c(=O)n21. The van der Waals surface area contributed by atoms with Crippen LogP contribution in [0.25, 0.3) is 10.8 Å². The van der Waals surface area contributed by atoms with E-state index in [0.717, 1.165) is 0 Å². The average Bonchev–Trinajstić information content (AvgIpc) is 2.59. The third-order valence-electron chi connectivity index (χ3n) is 4.19.